The van der Waals surface area contributed by atoms with Gasteiger partial charge in [0.05, 0.1) is 5.56 Å². The highest BCUT2D eigenvalue weighted by Crippen LogP contribution is 2.32. The minimum Gasteiger partial charge on any atom is -0.330 e. The number of rotatable bonds is 3. The van der Waals surface area contributed by atoms with Crippen molar-refractivity contribution in [1.82, 2.24) is 4.90 Å². The summed E-state index contributed by atoms with van der Waals surface area (Å²) in [7, 11) is 0. The van der Waals surface area contributed by atoms with E-state index in [4.69, 9.17) is 5.73 Å². The smallest absolute Gasteiger partial charge is 0.330 e. The second kappa shape index (κ2) is 5.13. The van der Waals surface area contributed by atoms with Gasteiger partial charge in [-0.3, -0.25) is 4.90 Å². The van der Waals surface area contributed by atoms with Crippen LogP contribution in [0.15, 0.2) is 24.3 Å². The van der Waals surface area contributed by atoms with Crippen LogP contribution in [0.4, 0.5) is 13.2 Å². The number of hydrogen-bond donors (Lipinski definition) is 1. The largest absolute Gasteiger partial charge is 0.416 e. The van der Waals surface area contributed by atoms with Crippen LogP contribution in [0, 0.1) is 5.41 Å². The summed E-state index contributed by atoms with van der Waals surface area (Å²) in [4.78, 5) is 2.17. The van der Waals surface area contributed by atoms with Crippen molar-refractivity contribution < 1.29 is 13.2 Å². The van der Waals surface area contributed by atoms with Crippen molar-refractivity contribution in [3.63, 3.8) is 0 Å². The van der Waals surface area contributed by atoms with Crippen LogP contribution < -0.4 is 5.73 Å². The van der Waals surface area contributed by atoms with E-state index in [1.807, 2.05) is 0 Å². The van der Waals surface area contributed by atoms with Crippen LogP contribution in [-0.4, -0.2) is 24.5 Å². The Morgan fingerprint density at radius 2 is 2.11 bits per heavy atom. The molecule has 19 heavy (non-hydrogen) atoms. The summed E-state index contributed by atoms with van der Waals surface area (Å²) < 4.78 is 37.9. The Labute approximate surface area is 111 Å². The highest BCUT2D eigenvalue weighted by molar-refractivity contribution is 5.25. The molecule has 1 fully saturated rings. The first kappa shape index (κ1) is 14.3. The molecule has 106 valence electrons. The summed E-state index contributed by atoms with van der Waals surface area (Å²) in [5.41, 5.74) is 5.96. The molecule has 0 bridgehead atoms. The monoisotopic (exact) mass is 272 g/mol. The molecule has 5 heteroatoms. The van der Waals surface area contributed by atoms with Crippen molar-refractivity contribution in [2.75, 3.05) is 19.6 Å². The third kappa shape index (κ3) is 3.48. The molecule has 1 aromatic carbocycles. The average Bonchev–Trinajstić information content (AvgIpc) is 2.71. The lowest BCUT2D eigenvalue weighted by molar-refractivity contribution is -0.137. The van der Waals surface area contributed by atoms with Gasteiger partial charge in [0.1, 0.15) is 0 Å². The number of nitrogens with zero attached hydrogens (tertiary/aromatic N) is 1. The fourth-order valence-electron chi connectivity index (χ4n) is 2.53. The maximum atomic E-state index is 12.6. The molecule has 1 saturated heterocycles. The van der Waals surface area contributed by atoms with Crippen LogP contribution in [0.25, 0.3) is 0 Å². The second-order valence-corrected chi connectivity index (χ2v) is 5.67. The first-order valence-corrected chi connectivity index (χ1v) is 6.41. The third-order valence-corrected chi connectivity index (χ3v) is 3.79. The molecule has 0 aromatic heterocycles. The number of halogens is 3. The van der Waals surface area contributed by atoms with Crippen molar-refractivity contribution in [3.05, 3.63) is 35.4 Å². The van der Waals surface area contributed by atoms with Gasteiger partial charge in [0.25, 0.3) is 0 Å². The van der Waals surface area contributed by atoms with E-state index in [9.17, 15) is 13.2 Å². The molecule has 1 heterocycles. The topological polar surface area (TPSA) is 29.3 Å². The van der Waals surface area contributed by atoms with Gasteiger partial charge in [-0.1, -0.05) is 25.1 Å². The van der Waals surface area contributed by atoms with E-state index in [1.165, 1.54) is 12.1 Å². The lowest BCUT2D eigenvalue weighted by atomic mass is 9.90. The summed E-state index contributed by atoms with van der Waals surface area (Å²) >= 11 is 0. The van der Waals surface area contributed by atoms with E-state index < -0.39 is 11.7 Å². The lowest BCUT2D eigenvalue weighted by Gasteiger charge is -2.22. The quantitative estimate of drug-likeness (QED) is 0.916. The predicted octanol–water partition coefficient (Wildman–Crippen LogP) is 2.88. The third-order valence-electron chi connectivity index (χ3n) is 3.79. The zero-order valence-electron chi connectivity index (χ0n) is 11.0. The molecule has 0 saturated carbocycles. The first-order valence-electron chi connectivity index (χ1n) is 6.41. The fraction of sp³-hybridized carbons (Fsp3) is 0.571. The van der Waals surface area contributed by atoms with E-state index in [2.05, 4.69) is 11.8 Å². The van der Waals surface area contributed by atoms with Gasteiger partial charge in [-0.2, -0.15) is 13.2 Å². The highest BCUT2D eigenvalue weighted by atomic mass is 19.4. The molecule has 0 aliphatic carbocycles. The average molecular weight is 272 g/mol. The van der Waals surface area contributed by atoms with Gasteiger partial charge < -0.3 is 5.73 Å². The van der Waals surface area contributed by atoms with Gasteiger partial charge in [0.15, 0.2) is 0 Å². The normalized spacial score (nSPS) is 24.9. The van der Waals surface area contributed by atoms with Crippen LogP contribution in [0.2, 0.25) is 0 Å². The molecular weight excluding hydrogens is 253 g/mol. The van der Waals surface area contributed by atoms with Crippen LogP contribution >= 0.6 is 0 Å². The maximum Gasteiger partial charge on any atom is 0.416 e. The van der Waals surface area contributed by atoms with Crippen molar-refractivity contribution in [2.45, 2.75) is 26.1 Å². The zero-order valence-corrected chi connectivity index (χ0v) is 11.0. The molecule has 1 unspecified atom stereocenters. The predicted molar refractivity (Wildman–Crippen MR) is 68.5 cm³/mol. The standard InChI is InChI=1S/C14H19F3N2/c1-13(9-18)5-6-19(10-13)8-11-3-2-4-12(7-11)14(15,16)17/h2-4,7H,5-6,8-10,18H2,1H3. The van der Waals surface area contributed by atoms with Crippen molar-refractivity contribution in [3.8, 4) is 0 Å². The molecule has 1 atom stereocenters. The number of nitrogens with two attached hydrogens (primary N) is 1. The zero-order chi connectivity index (χ0) is 14.1. The van der Waals surface area contributed by atoms with E-state index >= 15 is 0 Å². The van der Waals surface area contributed by atoms with E-state index in [0.717, 1.165) is 25.6 Å². The number of hydrogen-bond acceptors (Lipinski definition) is 2. The van der Waals surface area contributed by atoms with Crippen molar-refractivity contribution in [1.29, 1.82) is 0 Å². The minimum atomic E-state index is -4.27. The molecular formula is C14H19F3N2. The van der Waals surface area contributed by atoms with E-state index in [-0.39, 0.29) is 5.41 Å². The van der Waals surface area contributed by atoms with Crippen molar-refractivity contribution in [2.24, 2.45) is 11.1 Å². The SMILES string of the molecule is CC1(CN)CCN(Cc2cccc(C(F)(F)F)c2)C1. The molecule has 2 rings (SSSR count). The highest BCUT2D eigenvalue weighted by Gasteiger charge is 2.33. The minimum absolute atomic E-state index is 0.0988. The van der Waals surface area contributed by atoms with Crippen LogP contribution in [-0.2, 0) is 12.7 Å². The molecule has 1 aromatic rings. The van der Waals surface area contributed by atoms with Gasteiger partial charge in [-0.05, 0) is 36.6 Å². The van der Waals surface area contributed by atoms with Crippen LogP contribution in [0.5, 0.6) is 0 Å². The maximum absolute atomic E-state index is 12.6. The first-order chi connectivity index (χ1) is 8.82. The molecule has 1 aliphatic rings. The summed E-state index contributed by atoms with van der Waals surface area (Å²) in [6, 6.07) is 5.55. The van der Waals surface area contributed by atoms with E-state index in [0.29, 0.717) is 18.7 Å². The summed E-state index contributed by atoms with van der Waals surface area (Å²) in [5, 5.41) is 0. The molecule has 1 aliphatic heterocycles. The Morgan fingerprint density at radius 1 is 1.37 bits per heavy atom. The number of alkyl halides is 3. The summed E-state index contributed by atoms with van der Waals surface area (Å²) in [6.45, 7) is 5.04. The molecule has 0 amide bonds. The summed E-state index contributed by atoms with van der Waals surface area (Å²) in [6.07, 6.45) is -3.27. The lowest BCUT2D eigenvalue weighted by Crippen LogP contribution is -2.31. The second-order valence-electron chi connectivity index (χ2n) is 5.67. The van der Waals surface area contributed by atoms with Crippen LogP contribution in [0.1, 0.15) is 24.5 Å². The fourth-order valence-corrected chi connectivity index (χ4v) is 2.53. The van der Waals surface area contributed by atoms with Crippen LogP contribution in [0.3, 0.4) is 0 Å². The Bertz CT molecular complexity index is 445. The van der Waals surface area contributed by atoms with E-state index in [1.54, 1.807) is 6.07 Å². The Hall–Kier alpha value is -1.07. The van der Waals surface area contributed by atoms with Gasteiger partial charge in [-0.25, -0.2) is 0 Å². The Kier molecular flexibility index (Phi) is 3.87. The molecule has 0 spiro atoms. The Morgan fingerprint density at radius 3 is 2.68 bits per heavy atom. The number of benzene rings is 1. The van der Waals surface area contributed by atoms with Gasteiger partial charge in [0.2, 0.25) is 0 Å². The Balaban J connectivity index is 2.05. The molecule has 2 N–H and O–H groups in total. The van der Waals surface area contributed by atoms with Gasteiger partial charge in [0, 0.05) is 13.1 Å². The van der Waals surface area contributed by atoms with Gasteiger partial charge in [-0.15, -0.1) is 0 Å². The molecule has 0 radical (unpaired) electrons. The van der Waals surface area contributed by atoms with Crippen molar-refractivity contribution >= 4 is 0 Å². The molecule has 2 nitrogen and oxygen atoms in total. The number of likely N-dealkylation sites (tertiary alicyclic amines) is 1. The summed E-state index contributed by atoms with van der Waals surface area (Å²) in [5.74, 6) is 0. The van der Waals surface area contributed by atoms with Gasteiger partial charge >= 0.3 is 6.18 Å².